The van der Waals surface area contributed by atoms with Crippen LogP contribution in [-0.2, 0) is 30.5 Å². The minimum Gasteiger partial charge on any atom is -0.481 e. The fourth-order valence-corrected chi connectivity index (χ4v) is 6.64. The van der Waals surface area contributed by atoms with E-state index in [9.17, 15) is 18.9 Å². The maximum atomic E-state index is 13.3. The van der Waals surface area contributed by atoms with Crippen molar-refractivity contribution in [3.05, 3.63) is 61.2 Å². The number of esters is 1. The Kier molecular flexibility index (Phi) is 8.93. The normalized spacial score (nSPS) is 19.2. The van der Waals surface area contributed by atoms with Crippen LogP contribution in [0.25, 0.3) is 0 Å². The van der Waals surface area contributed by atoms with Gasteiger partial charge in [-0.1, -0.05) is 29.3 Å². The second kappa shape index (κ2) is 11.8. The molecule has 1 fully saturated rings. The quantitative estimate of drug-likeness (QED) is 0.440. The maximum absolute atomic E-state index is 13.3. The highest BCUT2D eigenvalue weighted by atomic mass is 35.5. The summed E-state index contributed by atoms with van der Waals surface area (Å²) in [5, 5.41) is 15.9. The molecule has 0 amide bonds. The van der Waals surface area contributed by atoms with E-state index in [0.29, 0.717) is 74.6 Å². The Morgan fingerprint density at radius 2 is 2.00 bits per heavy atom. The first-order valence-corrected chi connectivity index (χ1v) is 15.1. The van der Waals surface area contributed by atoms with E-state index in [1.807, 2.05) is 0 Å². The smallest absolute Gasteiger partial charge is 0.338 e. The summed E-state index contributed by atoms with van der Waals surface area (Å²) in [4.78, 5) is 36.7. The number of thiazole rings is 1. The number of ether oxygens (including phenoxy) is 1. The van der Waals surface area contributed by atoms with Crippen molar-refractivity contribution in [2.75, 3.05) is 37.7 Å². The zero-order valence-corrected chi connectivity index (χ0v) is 24.3. The lowest BCUT2D eigenvalue weighted by Gasteiger charge is -2.32. The van der Waals surface area contributed by atoms with Gasteiger partial charge in [-0.2, -0.15) is 0 Å². The zero-order valence-electron chi connectivity index (χ0n) is 21.1. The molecule has 0 saturated carbocycles. The molecular weight excluding hydrogens is 571 g/mol. The molecular formula is C25H28Cl2N4O5S2. The SMILES string of the molecule is CCOC(=O)C1=C(CN2CCS(=O)CC2)NC(c2nc(C(C)(C)C(=O)O)cs2)=NC1c1ccc(Cl)cc1Cl. The molecule has 4 rings (SSSR count). The third-order valence-electron chi connectivity index (χ3n) is 6.41. The average molecular weight is 600 g/mol. The van der Waals surface area contributed by atoms with Crippen LogP contribution in [0, 0.1) is 0 Å². The Bertz CT molecular complexity index is 1330. The van der Waals surface area contributed by atoms with E-state index in [2.05, 4.69) is 15.2 Å². The minimum absolute atomic E-state index is 0.177. The van der Waals surface area contributed by atoms with E-state index >= 15 is 0 Å². The lowest BCUT2D eigenvalue weighted by molar-refractivity contribution is -0.142. The third-order valence-corrected chi connectivity index (χ3v) is 9.10. The molecule has 1 saturated heterocycles. The number of hydrogen-bond acceptors (Lipinski definition) is 9. The van der Waals surface area contributed by atoms with Gasteiger partial charge >= 0.3 is 11.9 Å². The highest BCUT2D eigenvalue weighted by Gasteiger charge is 2.37. The molecule has 2 aliphatic rings. The first-order chi connectivity index (χ1) is 18.0. The fourth-order valence-electron chi connectivity index (χ4n) is 4.06. The molecule has 2 aromatic rings. The number of carbonyl (C=O) groups is 2. The van der Waals surface area contributed by atoms with Gasteiger partial charge in [-0.05, 0) is 32.9 Å². The fraction of sp³-hybridized carbons (Fsp3) is 0.440. The first kappa shape index (κ1) is 28.7. The van der Waals surface area contributed by atoms with Gasteiger partial charge in [-0.15, -0.1) is 11.3 Å². The lowest BCUT2D eigenvalue weighted by Crippen LogP contribution is -2.44. The van der Waals surface area contributed by atoms with Crippen molar-refractivity contribution in [3.8, 4) is 0 Å². The van der Waals surface area contributed by atoms with Gasteiger partial charge in [0.15, 0.2) is 10.8 Å². The summed E-state index contributed by atoms with van der Waals surface area (Å²) in [6.07, 6.45) is 0. The van der Waals surface area contributed by atoms with Crippen molar-refractivity contribution < 1.29 is 23.6 Å². The van der Waals surface area contributed by atoms with Gasteiger partial charge < -0.3 is 15.2 Å². The molecule has 38 heavy (non-hydrogen) atoms. The third kappa shape index (κ3) is 6.12. The summed E-state index contributed by atoms with van der Waals surface area (Å²) in [7, 11) is -0.856. The summed E-state index contributed by atoms with van der Waals surface area (Å²) in [6, 6.07) is 4.18. The number of carboxylic acid groups (broad SMARTS) is 1. The standard InChI is InChI=1S/C25H28Cl2N4O5S2/c1-4-36-23(32)19-17(12-31-7-9-38(35)10-8-31)28-21(22-29-18(13-37-22)25(2,3)24(33)34)30-20(19)15-6-5-14(26)11-16(15)27/h5-6,11,13,20H,4,7-10,12H2,1-3H3,(H,28,30)(H,33,34). The number of carboxylic acids is 1. The average Bonchev–Trinajstić information content (AvgIpc) is 3.36. The summed E-state index contributed by atoms with van der Waals surface area (Å²) in [5.74, 6) is -0.0277. The number of nitrogens with zero attached hydrogens (tertiary/aromatic N) is 3. The Morgan fingerprint density at radius 1 is 1.29 bits per heavy atom. The second-order valence-electron chi connectivity index (χ2n) is 9.38. The van der Waals surface area contributed by atoms with Crippen LogP contribution < -0.4 is 5.32 Å². The van der Waals surface area contributed by atoms with Crippen LogP contribution >= 0.6 is 34.5 Å². The van der Waals surface area contributed by atoms with E-state index < -0.39 is 34.2 Å². The Balaban J connectivity index is 1.82. The number of nitrogens with one attached hydrogen (secondary N) is 1. The van der Waals surface area contributed by atoms with E-state index in [1.54, 1.807) is 44.4 Å². The van der Waals surface area contributed by atoms with Crippen molar-refractivity contribution in [2.24, 2.45) is 4.99 Å². The van der Waals surface area contributed by atoms with Crippen molar-refractivity contribution in [1.29, 1.82) is 0 Å². The summed E-state index contributed by atoms with van der Waals surface area (Å²) in [6.45, 7) is 6.67. The number of rotatable bonds is 8. The van der Waals surface area contributed by atoms with Crippen LogP contribution in [0.3, 0.4) is 0 Å². The van der Waals surface area contributed by atoms with Crippen molar-refractivity contribution in [3.63, 3.8) is 0 Å². The Morgan fingerprint density at radius 3 is 2.63 bits per heavy atom. The van der Waals surface area contributed by atoms with Gasteiger partial charge in [-0.25, -0.2) is 9.78 Å². The van der Waals surface area contributed by atoms with Crippen molar-refractivity contribution >= 4 is 63.1 Å². The molecule has 1 atom stereocenters. The number of hydrogen-bond donors (Lipinski definition) is 2. The predicted octanol–water partition coefficient (Wildman–Crippen LogP) is 3.78. The summed E-state index contributed by atoms with van der Waals surface area (Å²) < 4.78 is 17.3. The molecule has 0 radical (unpaired) electrons. The number of benzene rings is 1. The molecule has 0 spiro atoms. The summed E-state index contributed by atoms with van der Waals surface area (Å²) in [5.41, 5.74) is 0.663. The van der Waals surface area contributed by atoms with Crippen molar-refractivity contribution in [2.45, 2.75) is 32.2 Å². The van der Waals surface area contributed by atoms with Crippen LogP contribution in [-0.4, -0.2) is 74.7 Å². The topological polar surface area (TPSA) is 121 Å². The Labute approximate surface area is 237 Å². The molecule has 0 bridgehead atoms. The molecule has 1 aromatic carbocycles. The largest absolute Gasteiger partial charge is 0.481 e. The molecule has 1 aromatic heterocycles. The van der Waals surface area contributed by atoms with Crippen LogP contribution in [0.2, 0.25) is 10.0 Å². The number of aliphatic imine (C=N–C) groups is 1. The second-order valence-corrected chi connectivity index (χ2v) is 12.8. The number of aromatic nitrogens is 1. The van der Waals surface area contributed by atoms with Crippen LogP contribution in [0.5, 0.6) is 0 Å². The van der Waals surface area contributed by atoms with Gasteiger partial charge in [-0.3, -0.25) is 18.9 Å². The molecule has 13 heteroatoms. The highest BCUT2D eigenvalue weighted by molar-refractivity contribution is 7.85. The number of aliphatic carboxylic acids is 1. The Hall–Kier alpha value is -2.31. The summed E-state index contributed by atoms with van der Waals surface area (Å²) >= 11 is 14.0. The van der Waals surface area contributed by atoms with Gasteiger partial charge in [0.25, 0.3) is 0 Å². The van der Waals surface area contributed by atoms with Crippen LogP contribution in [0.1, 0.15) is 43.1 Å². The zero-order chi connectivity index (χ0) is 27.6. The van der Waals surface area contributed by atoms with Gasteiger partial charge in [0, 0.05) is 68.6 Å². The molecule has 0 aliphatic carbocycles. The molecule has 9 nitrogen and oxygen atoms in total. The van der Waals surface area contributed by atoms with E-state index in [0.717, 1.165) is 0 Å². The van der Waals surface area contributed by atoms with Crippen LogP contribution in [0.15, 0.2) is 39.8 Å². The maximum Gasteiger partial charge on any atom is 0.338 e. The van der Waals surface area contributed by atoms with Crippen LogP contribution in [0.4, 0.5) is 0 Å². The molecule has 3 heterocycles. The molecule has 1 unspecified atom stereocenters. The molecule has 2 N–H and O–H groups in total. The van der Waals surface area contributed by atoms with E-state index in [1.165, 1.54) is 11.3 Å². The van der Waals surface area contributed by atoms with Gasteiger partial charge in [0.2, 0.25) is 0 Å². The van der Waals surface area contributed by atoms with Gasteiger partial charge in [0.05, 0.1) is 17.9 Å². The first-order valence-electron chi connectivity index (χ1n) is 12.0. The lowest BCUT2D eigenvalue weighted by atomic mass is 9.90. The minimum atomic E-state index is -1.19. The molecule has 204 valence electrons. The number of amidine groups is 1. The monoisotopic (exact) mass is 598 g/mol. The van der Waals surface area contributed by atoms with Gasteiger partial charge in [0.1, 0.15) is 11.5 Å². The highest BCUT2D eigenvalue weighted by Crippen LogP contribution is 2.38. The van der Waals surface area contributed by atoms with E-state index in [4.69, 9.17) is 32.9 Å². The number of carbonyl (C=O) groups excluding carboxylic acids is 1. The number of halogens is 2. The molecule has 2 aliphatic heterocycles. The predicted molar refractivity (Wildman–Crippen MR) is 150 cm³/mol. The van der Waals surface area contributed by atoms with Crippen molar-refractivity contribution in [1.82, 2.24) is 15.2 Å². The van der Waals surface area contributed by atoms with E-state index in [-0.39, 0.29) is 6.61 Å².